The minimum Gasteiger partial charge on any atom is -0.492 e. The van der Waals surface area contributed by atoms with Crippen molar-refractivity contribution in [3.8, 4) is 17.0 Å². The van der Waals surface area contributed by atoms with Gasteiger partial charge in [0.1, 0.15) is 5.75 Å². The van der Waals surface area contributed by atoms with Crippen LogP contribution in [-0.2, 0) is 5.41 Å². The van der Waals surface area contributed by atoms with Gasteiger partial charge in [0.2, 0.25) is 0 Å². The van der Waals surface area contributed by atoms with Crippen molar-refractivity contribution in [2.45, 2.75) is 53.4 Å². The van der Waals surface area contributed by atoms with E-state index in [0.29, 0.717) is 17.9 Å². The third-order valence-corrected chi connectivity index (χ3v) is 4.94. The van der Waals surface area contributed by atoms with Gasteiger partial charge in [-0.1, -0.05) is 33.8 Å². The largest absolute Gasteiger partial charge is 0.492 e. The van der Waals surface area contributed by atoms with E-state index in [1.807, 2.05) is 32.9 Å². The Morgan fingerprint density at radius 3 is 2.42 bits per heavy atom. The zero-order valence-corrected chi connectivity index (χ0v) is 16.7. The quantitative estimate of drug-likeness (QED) is 0.757. The summed E-state index contributed by atoms with van der Waals surface area (Å²) in [5.74, 6) is 0.558. The summed E-state index contributed by atoms with van der Waals surface area (Å²) < 4.78 is 19.1. The van der Waals surface area contributed by atoms with E-state index in [0.717, 1.165) is 28.9 Å². The Morgan fingerprint density at radius 2 is 1.88 bits per heavy atom. The van der Waals surface area contributed by atoms with E-state index in [2.05, 4.69) is 31.8 Å². The smallest absolute Gasteiger partial charge is 0.185 e. The Labute approximate surface area is 155 Å². The number of nitrogens with one attached hydrogen (secondary N) is 1. The van der Waals surface area contributed by atoms with Crippen LogP contribution in [0.1, 0.15) is 50.9 Å². The Balaban J connectivity index is 2.52. The van der Waals surface area contributed by atoms with Gasteiger partial charge in [0, 0.05) is 28.8 Å². The standard InChI is InChI=1S/C22H30FNO2/c1-7-16(12-23)13-26-21-10-17(22(4,5)6)8-9-18(21)19-11-20(25)14(2)15(3)24-19/h8-11,16H,7,12-13H2,1-6H3,(H,24,25)/t16-/m1/s1. The topological polar surface area (TPSA) is 42.1 Å². The number of aromatic amines is 1. The van der Waals surface area contributed by atoms with E-state index in [-0.39, 0.29) is 16.8 Å². The third kappa shape index (κ3) is 4.54. The van der Waals surface area contributed by atoms with Crippen molar-refractivity contribution in [1.82, 2.24) is 4.98 Å². The van der Waals surface area contributed by atoms with Crippen LogP contribution in [0.4, 0.5) is 4.39 Å². The molecule has 0 spiro atoms. The fraction of sp³-hybridized carbons (Fsp3) is 0.500. The van der Waals surface area contributed by atoms with E-state index in [9.17, 15) is 9.18 Å². The van der Waals surface area contributed by atoms with E-state index in [4.69, 9.17) is 4.74 Å². The number of benzene rings is 1. The van der Waals surface area contributed by atoms with Crippen molar-refractivity contribution < 1.29 is 9.13 Å². The van der Waals surface area contributed by atoms with Crippen LogP contribution >= 0.6 is 0 Å². The summed E-state index contributed by atoms with van der Waals surface area (Å²) in [6, 6.07) is 7.65. The second-order valence-corrected chi connectivity index (χ2v) is 8.00. The van der Waals surface area contributed by atoms with Crippen molar-refractivity contribution in [2.75, 3.05) is 13.3 Å². The zero-order chi connectivity index (χ0) is 19.5. The van der Waals surface area contributed by atoms with Crippen molar-refractivity contribution >= 4 is 0 Å². The first-order valence-corrected chi connectivity index (χ1v) is 9.21. The summed E-state index contributed by atoms with van der Waals surface area (Å²) in [5.41, 5.74) is 4.21. The Bertz CT molecular complexity index is 814. The molecule has 0 saturated heterocycles. The molecular weight excluding hydrogens is 329 g/mol. The average molecular weight is 359 g/mol. The fourth-order valence-electron chi connectivity index (χ4n) is 2.71. The molecule has 0 aliphatic heterocycles. The highest BCUT2D eigenvalue weighted by Crippen LogP contribution is 2.34. The van der Waals surface area contributed by atoms with Crippen molar-refractivity contribution in [3.05, 3.63) is 51.3 Å². The molecule has 0 unspecified atom stereocenters. The maximum absolute atomic E-state index is 13.1. The minimum atomic E-state index is -0.398. The van der Waals surface area contributed by atoms with Gasteiger partial charge in [-0.3, -0.25) is 9.18 Å². The van der Waals surface area contributed by atoms with Crippen LogP contribution in [0.3, 0.4) is 0 Å². The lowest BCUT2D eigenvalue weighted by molar-refractivity contribution is 0.212. The molecule has 3 nitrogen and oxygen atoms in total. The molecule has 1 heterocycles. The number of aromatic nitrogens is 1. The monoisotopic (exact) mass is 359 g/mol. The SMILES string of the molecule is CC[C@H](CF)COc1cc(C(C)(C)C)ccc1-c1cc(=O)c(C)c(C)[nH]1. The van der Waals surface area contributed by atoms with Crippen LogP contribution in [0.15, 0.2) is 29.1 Å². The molecule has 0 aliphatic carbocycles. The van der Waals surface area contributed by atoms with Crippen LogP contribution in [-0.4, -0.2) is 18.3 Å². The maximum Gasteiger partial charge on any atom is 0.185 e. The van der Waals surface area contributed by atoms with Gasteiger partial charge in [0.15, 0.2) is 5.43 Å². The molecule has 1 atom stereocenters. The lowest BCUT2D eigenvalue weighted by atomic mass is 9.86. The molecular formula is C22H30FNO2. The first kappa shape index (κ1) is 20.2. The number of aryl methyl sites for hydroxylation is 1. The molecule has 2 aromatic rings. The van der Waals surface area contributed by atoms with Gasteiger partial charge in [-0.05, 0) is 43.4 Å². The minimum absolute atomic E-state index is 0.00251. The molecule has 4 heteroatoms. The summed E-state index contributed by atoms with van der Waals surface area (Å²) in [5, 5.41) is 0. The Kier molecular flexibility index (Phi) is 6.27. The average Bonchev–Trinajstić information content (AvgIpc) is 2.59. The second kappa shape index (κ2) is 8.07. The molecule has 2 rings (SSSR count). The number of H-pyrrole nitrogens is 1. The number of pyridine rings is 1. The van der Waals surface area contributed by atoms with Crippen molar-refractivity contribution in [3.63, 3.8) is 0 Å². The molecule has 0 bridgehead atoms. The summed E-state index contributed by atoms with van der Waals surface area (Å²) >= 11 is 0. The van der Waals surface area contributed by atoms with E-state index in [1.54, 1.807) is 6.07 Å². The van der Waals surface area contributed by atoms with Gasteiger partial charge >= 0.3 is 0 Å². The van der Waals surface area contributed by atoms with Crippen LogP contribution < -0.4 is 10.2 Å². The summed E-state index contributed by atoms with van der Waals surface area (Å²) in [4.78, 5) is 15.5. The van der Waals surface area contributed by atoms with Gasteiger partial charge in [-0.15, -0.1) is 0 Å². The van der Waals surface area contributed by atoms with Crippen LogP contribution in [0, 0.1) is 19.8 Å². The first-order chi connectivity index (χ1) is 12.2. The number of hydrogen-bond acceptors (Lipinski definition) is 2. The summed E-state index contributed by atoms with van der Waals surface area (Å²) in [6.45, 7) is 12.0. The van der Waals surface area contributed by atoms with Gasteiger partial charge in [-0.25, -0.2) is 0 Å². The lowest BCUT2D eigenvalue weighted by Gasteiger charge is -2.22. The summed E-state index contributed by atoms with van der Waals surface area (Å²) in [7, 11) is 0. The normalized spacial score (nSPS) is 12.9. The molecule has 0 saturated carbocycles. The maximum atomic E-state index is 13.1. The van der Waals surface area contributed by atoms with Crippen molar-refractivity contribution in [1.29, 1.82) is 0 Å². The zero-order valence-electron chi connectivity index (χ0n) is 16.7. The Morgan fingerprint density at radius 1 is 1.19 bits per heavy atom. The van der Waals surface area contributed by atoms with E-state index < -0.39 is 6.67 Å². The molecule has 0 amide bonds. The second-order valence-electron chi connectivity index (χ2n) is 8.00. The van der Waals surface area contributed by atoms with Gasteiger partial charge in [-0.2, -0.15) is 0 Å². The first-order valence-electron chi connectivity index (χ1n) is 9.21. The fourth-order valence-corrected chi connectivity index (χ4v) is 2.71. The molecule has 1 aromatic carbocycles. The lowest BCUT2D eigenvalue weighted by Crippen LogP contribution is -2.16. The van der Waals surface area contributed by atoms with Gasteiger partial charge in [0.25, 0.3) is 0 Å². The highest BCUT2D eigenvalue weighted by Gasteiger charge is 2.18. The highest BCUT2D eigenvalue weighted by atomic mass is 19.1. The highest BCUT2D eigenvalue weighted by molar-refractivity contribution is 5.68. The number of ether oxygens (including phenoxy) is 1. The predicted octanol–water partition coefficient (Wildman–Crippen LogP) is 5.33. The molecule has 26 heavy (non-hydrogen) atoms. The molecule has 0 fully saturated rings. The number of halogens is 1. The van der Waals surface area contributed by atoms with Crippen LogP contribution in [0.5, 0.6) is 5.75 Å². The predicted molar refractivity (Wildman–Crippen MR) is 106 cm³/mol. The Hall–Kier alpha value is -2.10. The van der Waals surface area contributed by atoms with Crippen molar-refractivity contribution in [2.24, 2.45) is 5.92 Å². The van der Waals surface area contributed by atoms with Gasteiger partial charge < -0.3 is 9.72 Å². The number of rotatable bonds is 6. The molecule has 0 radical (unpaired) electrons. The van der Waals surface area contributed by atoms with E-state index >= 15 is 0 Å². The van der Waals surface area contributed by atoms with Crippen LogP contribution in [0.2, 0.25) is 0 Å². The molecule has 1 N–H and O–H groups in total. The molecule has 1 aromatic heterocycles. The van der Waals surface area contributed by atoms with Crippen LogP contribution in [0.25, 0.3) is 11.3 Å². The number of alkyl halides is 1. The van der Waals surface area contributed by atoms with Gasteiger partial charge in [0.05, 0.1) is 19.0 Å². The molecule has 142 valence electrons. The summed E-state index contributed by atoms with van der Waals surface area (Å²) in [6.07, 6.45) is 0.727. The molecule has 0 aliphatic rings. The number of hydrogen-bond donors (Lipinski definition) is 1. The third-order valence-electron chi connectivity index (χ3n) is 4.94. The van der Waals surface area contributed by atoms with E-state index in [1.165, 1.54) is 0 Å².